The van der Waals surface area contributed by atoms with Gasteiger partial charge >= 0.3 is 0 Å². The third-order valence-electron chi connectivity index (χ3n) is 2.98. The molecule has 0 saturated heterocycles. The Bertz CT molecular complexity index is 662. The maximum atomic E-state index is 12.3. The standard InChI is InChI=1S/C13H20N4O2S2/c1-3-4-14-8-12-10(2)5-13(20-12)21(18,19)17-7-11-6-15-9-16-11/h5-6,9,14,17H,3-4,7-8H2,1-2H3,(H,15,16). The highest BCUT2D eigenvalue weighted by Crippen LogP contribution is 2.25. The van der Waals surface area contributed by atoms with E-state index in [-0.39, 0.29) is 6.54 Å². The van der Waals surface area contributed by atoms with Crippen molar-refractivity contribution >= 4 is 21.4 Å². The summed E-state index contributed by atoms with van der Waals surface area (Å²) in [5, 5.41) is 3.29. The van der Waals surface area contributed by atoms with Crippen molar-refractivity contribution in [3.05, 3.63) is 34.7 Å². The Morgan fingerprint density at radius 3 is 2.86 bits per heavy atom. The third-order valence-corrected chi connectivity index (χ3v) is 6.09. The van der Waals surface area contributed by atoms with Gasteiger partial charge in [-0.1, -0.05) is 6.92 Å². The maximum absolute atomic E-state index is 12.3. The molecule has 8 heteroatoms. The van der Waals surface area contributed by atoms with Crippen LogP contribution in [0.4, 0.5) is 0 Å². The second kappa shape index (κ2) is 7.17. The number of hydrogen-bond donors (Lipinski definition) is 3. The number of imidazole rings is 1. The highest BCUT2D eigenvalue weighted by Gasteiger charge is 2.18. The minimum absolute atomic E-state index is 0.211. The number of rotatable bonds is 8. The van der Waals surface area contributed by atoms with E-state index in [1.165, 1.54) is 17.7 Å². The van der Waals surface area contributed by atoms with E-state index >= 15 is 0 Å². The van der Waals surface area contributed by atoms with Gasteiger partial charge in [0.1, 0.15) is 4.21 Å². The molecule has 0 bridgehead atoms. The average molecular weight is 328 g/mol. The number of nitrogens with one attached hydrogen (secondary N) is 3. The van der Waals surface area contributed by atoms with Gasteiger partial charge in [-0.15, -0.1) is 11.3 Å². The molecule has 2 aromatic rings. The molecular weight excluding hydrogens is 308 g/mol. The van der Waals surface area contributed by atoms with Crippen LogP contribution in [-0.2, 0) is 23.1 Å². The topological polar surface area (TPSA) is 86.9 Å². The van der Waals surface area contributed by atoms with Crippen LogP contribution in [0.5, 0.6) is 0 Å². The van der Waals surface area contributed by atoms with Gasteiger partial charge in [-0.3, -0.25) is 0 Å². The quantitative estimate of drug-likeness (QED) is 0.644. The van der Waals surface area contributed by atoms with Crippen LogP contribution in [0, 0.1) is 6.92 Å². The van der Waals surface area contributed by atoms with Gasteiger partial charge in [0.25, 0.3) is 0 Å². The molecule has 2 rings (SSSR count). The minimum Gasteiger partial charge on any atom is -0.347 e. The second-order valence-electron chi connectivity index (χ2n) is 4.75. The molecule has 2 aromatic heterocycles. The Balaban J connectivity index is 2.04. The van der Waals surface area contributed by atoms with Crippen molar-refractivity contribution in [1.29, 1.82) is 0 Å². The Labute approximate surface area is 129 Å². The van der Waals surface area contributed by atoms with E-state index in [1.807, 2.05) is 6.92 Å². The van der Waals surface area contributed by atoms with E-state index in [0.29, 0.717) is 10.8 Å². The van der Waals surface area contributed by atoms with Crippen LogP contribution in [0.25, 0.3) is 0 Å². The summed E-state index contributed by atoms with van der Waals surface area (Å²) in [5.74, 6) is 0. The van der Waals surface area contributed by atoms with Gasteiger partial charge in [0.2, 0.25) is 10.0 Å². The van der Waals surface area contributed by atoms with E-state index in [2.05, 4.69) is 26.9 Å². The minimum atomic E-state index is -3.48. The fraction of sp³-hybridized carbons (Fsp3) is 0.462. The lowest BCUT2D eigenvalue weighted by molar-refractivity contribution is 0.582. The van der Waals surface area contributed by atoms with Crippen molar-refractivity contribution in [2.24, 2.45) is 0 Å². The smallest absolute Gasteiger partial charge is 0.250 e. The molecule has 0 radical (unpaired) electrons. The SMILES string of the molecule is CCCNCc1sc(S(=O)(=O)NCc2cnc[nH]2)cc1C. The summed E-state index contributed by atoms with van der Waals surface area (Å²) < 4.78 is 27.5. The summed E-state index contributed by atoms with van der Waals surface area (Å²) in [6, 6.07) is 1.73. The van der Waals surface area contributed by atoms with Crippen LogP contribution in [0.2, 0.25) is 0 Å². The lowest BCUT2D eigenvalue weighted by Gasteiger charge is -2.03. The Kier molecular flexibility index (Phi) is 5.51. The molecule has 6 nitrogen and oxygen atoms in total. The average Bonchev–Trinajstić information content (AvgIpc) is 3.07. The van der Waals surface area contributed by atoms with Crippen molar-refractivity contribution in [3.63, 3.8) is 0 Å². The summed E-state index contributed by atoms with van der Waals surface area (Å²) in [6.45, 7) is 5.89. The van der Waals surface area contributed by atoms with Crippen molar-refractivity contribution < 1.29 is 8.42 Å². The molecule has 0 aromatic carbocycles. The van der Waals surface area contributed by atoms with Gasteiger partial charge in [0, 0.05) is 23.3 Å². The largest absolute Gasteiger partial charge is 0.347 e. The molecule has 116 valence electrons. The molecule has 2 heterocycles. The van der Waals surface area contributed by atoms with Crippen LogP contribution >= 0.6 is 11.3 Å². The second-order valence-corrected chi connectivity index (χ2v) is 7.88. The summed E-state index contributed by atoms with van der Waals surface area (Å²) in [5.41, 5.74) is 1.74. The monoisotopic (exact) mass is 328 g/mol. The summed E-state index contributed by atoms with van der Waals surface area (Å²) in [4.78, 5) is 7.79. The van der Waals surface area contributed by atoms with Crippen LogP contribution in [0.1, 0.15) is 29.5 Å². The molecule has 0 spiro atoms. The number of hydrogen-bond acceptors (Lipinski definition) is 5. The highest BCUT2D eigenvalue weighted by molar-refractivity contribution is 7.91. The van der Waals surface area contributed by atoms with E-state index in [0.717, 1.165) is 29.1 Å². The number of aromatic amines is 1. The summed E-state index contributed by atoms with van der Waals surface area (Å²) in [6.07, 6.45) is 4.18. The van der Waals surface area contributed by atoms with Crippen LogP contribution in [0.15, 0.2) is 22.8 Å². The predicted octanol–water partition coefficient (Wildman–Crippen LogP) is 1.76. The normalized spacial score (nSPS) is 11.9. The number of thiophene rings is 1. The molecule has 0 atom stereocenters. The molecule has 0 aliphatic heterocycles. The van der Waals surface area contributed by atoms with Crippen LogP contribution in [-0.4, -0.2) is 24.9 Å². The molecule has 3 N–H and O–H groups in total. The zero-order chi connectivity index (χ0) is 15.3. The molecule has 0 aliphatic carbocycles. The third kappa shape index (κ3) is 4.37. The first-order valence-electron chi connectivity index (χ1n) is 6.80. The van der Waals surface area contributed by atoms with Gasteiger partial charge in [-0.25, -0.2) is 18.1 Å². The van der Waals surface area contributed by atoms with Gasteiger partial charge in [-0.2, -0.15) is 0 Å². The molecular formula is C13H20N4O2S2. The molecule has 21 heavy (non-hydrogen) atoms. The van der Waals surface area contributed by atoms with Gasteiger partial charge in [-0.05, 0) is 31.5 Å². The number of nitrogens with zero attached hydrogens (tertiary/aromatic N) is 1. The number of H-pyrrole nitrogens is 1. The lowest BCUT2D eigenvalue weighted by atomic mass is 10.3. The fourth-order valence-electron chi connectivity index (χ4n) is 1.80. The van der Waals surface area contributed by atoms with E-state index in [9.17, 15) is 8.42 Å². The molecule has 0 fully saturated rings. The molecule has 0 saturated carbocycles. The van der Waals surface area contributed by atoms with E-state index in [4.69, 9.17) is 0 Å². The van der Waals surface area contributed by atoms with Crippen LogP contribution < -0.4 is 10.0 Å². The molecule has 0 aliphatic rings. The lowest BCUT2D eigenvalue weighted by Crippen LogP contribution is -2.22. The number of aromatic nitrogens is 2. The fourth-order valence-corrected chi connectivity index (χ4v) is 4.41. The Morgan fingerprint density at radius 2 is 2.19 bits per heavy atom. The first kappa shape index (κ1) is 16.2. The predicted molar refractivity (Wildman–Crippen MR) is 83.7 cm³/mol. The van der Waals surface area contributed by atoms with Crippen LogP contribution in [0.3, 0.4) is 0 Å². The highest BCUT2D eigenvalue weighted by atomic mass is 32.2. The summed E-state index contributed by atoms with van der Waals surface area (Å²) in [7, 11) is -3.48. The Morgan fingerprint density at radius 1 is 1.38 bits per heavy atom. The number of aryl methyl sites for hydroxylation is 1. The first-order chi connectivity index (χ1) is 10.0. The van der Waals surface area contributed by atoms with Crippen molar-refractivity contribution in [1.82, 2.24) is 20.0 Å². The van der Waals surface area contributed by atoms with Gasteiger partial charge < -0.3 is 10.3 Å². The molecule has 0 unspecified atom stereocenters. The van der Waals surface area contributed by atoms with Gasteiger partial charge in [0.05, 0.1) is 12.9 Å². The van der Waals surface area contributed by atoms with Crippen molar-refractivity contribution in [2.45, 2.75) is 37.6 Å². The zero-order valence-electron chi connectivity index (χ0n) is 12.1. The van der Waals surface area contributed by atoms with E-state index < -0.39 is 10.0 Å². The van der Waals surface area contributed by atoms with Crippen molar-refractivity contribution in [2.75, 3.05) is 6.54 Å². The Hall–Kier alpha value is -1.22. The van der Waals surface area contributed by atoms with Gasteiger partial charge in [0.15, 0.2) is 0 Å². The maximum Gasteiger partial charge on any atom is 0.250 e. The number of sulfonamides is 1. The zero-order valence-corrected chi connectivity index (χ0v) is 13.8. The first-order valence-corrected chi connectivity index (χ1v) is 9.10. The van der Waals surface area contributed by atoms with E-state index in [1.54, 1.807) is 12.3 Å². The summed E-state index contributed by atoms with van der Waals surface area (Å²) >= 11 is 1.32. The molecule has 0 amide bonds. The van der Waals surface area contributed by atoms with Crippen molar-refractivity contribution in [3.8, 4) is 0 Å².